The number of nitriles is 1. The van der Waals surface area contributed by atoms with E-state index in [-0.39, 0.29) is 6.42 Å². The Morgan fingerprint density at radius 1 is 1.28 bits per heavy atom. The quantitative estimate of drug-likeness (QED) is 0.649. The van der Waals surface area contributed by atoms with Crippen molar-refractivity contribution >= 4 is 11.9 Å². The zero-order valence-corrected chi connectivity index (χ0v) is 11.1. The molecule has 0 radical (unpaired) electrons. The standard InChI is InChI=1S/C13H21NO4/c1-4-5-6-7-13(8-14,12(17)18)10(9(2)3)11(15)16/h9-10H,4-7H2,1-3H3,(H,15,16)(H,17,18). The van der Waals surface area contributed by atoms with Gasteiger partial charge in [-0.05, 0) is 12.3 Å². The fourth-order valence-corrected chi connectivity index (χ4v) is 2.29. The zero-order chi connectivity index (χ0) is 14.3. The van der Waals surface area contributed by atoms with Crippen molar-refractivity contribution in [1.82, 2.24) is 0 Å². The van der Waals surface area contributed by atoms with Crippen LogP contribution in [0.25, 0.3) is 0 Å². The topological polar surface area (TPSA) is 98.4 Å². The molecule has 0 rings (SSSR count). The number of aliphatic carboxylic acids is 2. The number of carboxylic acids is 2. The number of carboxylic acid groups (broad SMARTS) is 2. The minimum Gasteiger partial charge on any atom is -0.481 e. The van der Waals surface area contributed by atoms with E-state index in [1.807, 2.05) is 6.92 Å². The van der Waals surface area contributed by atoms with Gasteiger partial charge in [-0.25, -0.2) is 0 Å². The van der Waals surface area contributed by atoms with Crippen LogP contribution in [0.5, 0.6) is 0 Å². The second kappa shape index (κ2) is 7.00. The Balaban J connectivity index is 5.36. The number of hydrogen-bond donors (Lipinski definition) is 2. The summed E-state index contributed by atoms with van der Waals surface area (Å²) < 4.78 is 0. The highest BCUT2D eigenvalue weighted by Gasteiger charge is 2.51. The highest BCUT2D eigenvalue weighted by molar-refractivity contribution is 5.86. The van der Waals surface area contributed by atoms with Crippen LogP contribution >= 0.6 is 0 Å². The maximum atomic E-state index is 11.4. The van der Waals surface area contributed by atoms with Crippen LogP contribution in [0, 0.1) is 28.6 Å². The van der Waals surface area contributed by atoms with Crippen molar-refractivity contribution in [2.75, 3.05) is 0 Å². The Morgan fingerprint density at radius 3 is 2.11 bits per heavy atom. The second-order valence-corrected chi connectivity index (χ2v) is 4.91. The molecule has 0 aliphatic rings. The molecule has 0 amide bonds. The van der Waals surface area contributed by atoms with E-state index in [2.05, 4.69) is 0 Å². The molecule has 0 aliphatic heterocycles. The van der Waals surface area contributed by atoms with Crippen LogP contribution in [0.1, 0.15) is 46.5 Å². The van der Waals surface area contributed by atoms with E-state index in [0.29, 0.717) is 6.42 Å². The summed E-state index contributed by atoms with van der Waals surface area (Å²) in [6, 6.07) is 1.76. The van der Waals surface area contributed by atoms with Crippen molar-refractivity contribution in [2.24, 2.45) is 17.3 Å². The third-order valence-electron chi connectivity index (χ3n) is 3.22. The molecule has 0 bridgehead atoms. The van der Waals surface area contributed by atoms with E-state index in [0.717, 1.165) is 12.8 Å². The fraction of sp³-hybridized carbons (Fsp3) is 0.769. The van der Waals surface area contributed by atoms with Crippen LogP contribution in [0.2, 0.25) is 0 Å². The van der Waals surface area contributed by atoms with E-state index < -0.39 is 29.2 Å². The summed E-state index contributed by atoms with van der Waals surface area (Å²) in [6.45, 7) is 5.23. The molecular formula is C13H21NO4. The van der Waals surface area contributed by atoms with Gasteiger partial charge in [0.25, 0.3) is 0 Å². The molecule has 0 fully saturated rings. The fourth-order valence-electron chi connectivity index (χ4n) is 2.29. The Labute approximate surface area is 107 Å². The first-order valence-corrected chi connectivity index (χ1v) is 6.21. The third-order valence-corrected chi connectivity index (χ3v) is 3.22. The van der Waals surface area contributed by atoms with Gasteiger partial charge in [-0.1, -0.05) is 40.0 Å². The molecule has 0 aromatic rings. The molecule has 5 nitrogen and oxygen atoms in total. The van der Waals surface area contributed by atoms with E-state index in [9.17, 15) is 25.1 Å². The highest BCUT2D eigenvalue weighted by atomic mass is 16.4. The SMILES string of the molecule is CCCCCC(C#N)(C(=O)O)C(C(=O)O)C(C)C. The summed E-state index contributed by atoms with van der Waals surface area (Å²) in [5.41, 5.74) is -1.82. The number of hydrogen-bond acceptors (Lipinski definition) is 3. The van der Waals surface area contributed by atoms with Gasteiger partial charge in [0.1, 0.15) is 0 Å². The lowest BCUT2D eigenvalue weighted by molar-refractivity contribution is -0.161. The van der Waals surface area contributed by atoms with Gasteiger partial charge in [0.05, 0.1) is 12.0 Å². The lowest BCUT2D eigenvalue weighted by Crippen LogP contribution is -2.44. The highest BCUT2D eigenvalue weighted by Crippen LogP contribution is 2.38. The Kier molecular flexibility index (Phi) is 6.39. The van der Waals surface area contributed by atoms with Crippen LogP contribution in [0.3, 0.4) is 0 Å². The minimum atomic E-state index is -1.82. The van der Waals surface area contributed by atoms with Gasteiger partial charge in [-0.3, -0.25) is 9.59 Å². The number of carbonyl (C=O) groups is 2. The van der Waals surface area contributed by atoms with Crippen LogP contribution < -0.4 is 0 Å². The van der Waals surface area contributed by atoms with Gasteiger partial charge < -0.3 is 10.2 Å². The van der Waals surface area contributed by atoms with E-state index >= 15 is 0 Å². The van der Waals surface area contributed by atoms with Crippen molar-refractivity contribution < 1.29 is 19.8 Å². The third kappa shape index (κ3) is 3.46. The molecule has 0 spiro atoms. The van der Waals surface area contributed by atoms with Gasteiger partial charge in [0, 0.05) is 0 Å². The first-order chi connectivity index (χ1) is 8.33. The van der Waals surface area contributed by atoms with Gasteiger partial charge >= 0.3 is 11.9 Å². The van der Waals surface area contributed by atoms with Gasteiger partial charge in [0.15, 0.2) is 5.41 Å². The predicted molar refractivity (Wildman–Crippen MR) is 65.8 cm³/mol. The molecule has 2 N–H and O–H groups in total. The molecule has 5 heteroatoms. The molecule has 0 aromatic heterocycles. The predicted octanol–water partition coefficient (Wildman–Crippen LogP) is 2.52. The smallest absolute Gasteiger partial charge is 0.324 e. The molecule has 0 aromatic carbocycles. The van der Waals surface area contributed by atoms with Crippen LogP contribution in [0.15, 0.2) is 0 Å². The normalized spacial score (nSPS) is 15.7. The zero-order valence-electron chi connectivity index (χ0n) is 11.1. The minimum absolute atomic E-state index is 0.0851. The molecule has 102 valence electrons. The van der Waals surface area contributed by atoms with Crippen molar-refractivity contribution in [1.29, 1.82) is 5.26 Å². The average molecular weight is 255 g/mol. The number of rotatable bonds is 8. The van der Waals surface area contributed by atoms with Crippen LogP contribution in [-0.2, 0) is 9.59 Å². The first kappa shape index (κ1) is 16.4. The van der Waals surface area contributed by atoms with Crippen molar-refractivity contribution in [2.45, 2.75) is 46.5 Å². The Morgan fingerprint density at radius 2 is 1.83 bits per heavy atom. The molecule has 0 saturated heterocycles. The summed E-state index contributed by atoms with van der Waals surface area (Å²) in [5.74, 6) is -4.13. The largest absolute Gasteiger partial charge is 0.481 e. The molecule has 2 unspecified atom stereocenters. The lowest BCUT2D eigenvalue weighted by atomic mass is 9.68. The Hall–Kier alpha value is -1.57. The first-order valence-electron chi connectivity index (χ1n) is 6.21. The molecule has 18 heavy (non-hydrogen) atoms. The van der Waals surface area contributed by atoms with E-state index in [1.54, 1.807) is 19.9 Å². The molecule has 0 saturated carbocycles. The number of unbranched alkanes of at least 4 members (excludes halogenated alkanes) is 2. The molecular weight excluding hydrogens is 234 g/mol. The van der Waals surface area contributed by atoms with Gasteiger partial charge in [0.2, 0.25) is 0 Å². The average Bonchev–Trinajstić information content (AvgIpc) is 2.26. The Bertz CT molecular complexity index is 345. The van der Waals surface area contributed by atoms with E-state index in [1.165, 1.54) is 0 Å². The maximum Gasteiger partial charge on any atom is 0.324 e. The summed E-state index contributed by atoms with van der Waals surface area (Å²) in [7, 11) is 0. The van der Waals surface area contributed by atoms with Crippen molar-refractivity contribution in [3.8, 4) is 6.07 Å². The van der Waals surface area contributed by atoms with Crippen molar-refractivity contribution in [3.63, 3.8) is 0 Å². The summed E-state index contributed by atoms with van der Waals surface area (Å²) >= 11 is 0. The summed E-state index contributed by atoms with van der Waals surface area (Å²) in [5, 5.41) is 27.7. The molecule has 2 atom stereocenters. The van der Waals surface area contributed by atoms with Crippen LogP contribution in [-0.4, -0.2) is 22.2 Å². The lowest BCUT2D eigenvalue weighted by Gasteiger charge is -2.31. The van der Waals surface area contributed by atoms with Gasteiger partial charge in [-0.15, -0.1) is 0 Å². The van der Waals surface area contributed by atoms with Crippen molar-refractivity contribution in [3.05, 3.63) is 0 Å². The van der Waals surface area contributed by atoms with Gasteiger partial charge in [-0.2, -0.15) is 5.26 Å². The number of nitrogens with zero attached hydrogens (tertiary/aromatic N) is 1. The molecule has 0 heterocycles. The summed E-state index contributed by atoms with van der Waals surface area (Å²) in [4.78, 5) is 22.7. The second-order valence-electron chi connectivity index (χ2n) is 4.91. The summed E-state index contributed by atoms with van der Waals surface area (Å²) in [6.07, 6.45) is 2.32. The van der Waals surface area contributed by atoms with Crippen LogP contribution in [0.4, 0.5) is 0 Å². The monoisotopic (exact) mass is 255 g/mol. The maximum absolute atomic E-state index is 11.4. The van der Waals surface area contributed by atoms with E-state index in [4.69, 9.17) is 0 Å². The molecule has 0 aliphatic carbocycles.